The van der Waals surface area contributed by atoms with Gasteiger partial charge >= 0.3 is 0 Å². The second-order valence-electron chi connectivity index (χ2n) is 6.18. The van der Waals surface area contributed by atoms with E-state index >= 15 is 0 Å². The minimum Gasteiger partial charge on any atom is -0.497 e. The van der Waals surface area contributed by atoms with Crippen LogP contribution in [0.3, 0.4) is 0 Å². The Kier molecular flexibility index (Phi) is 11.5. The van der Waals surface area contributed by atoms with Crippen LogP contribution in [-0.4, -0.2) is 45.7 Å². The Bertz CT molecular complexity index is 811. The zero-order valence-corrected chi connectivity index (χ0v) is 20.0. The summed E-state index contributed by atoms with van der Waals surface area (Å²) in [6, 6.07) is 7.43. The Morgan fingerprint density at radius 2 is 1.90 bits per heavy atom. The standard InChI is InChI=1S/C20H27ClN4O3.HI/c1-14-8-12-28-18(14)19(26)23-9-4-10-24-20(22-2)25-11-7-15-5-6-16(27-3)13-17(15)21;/h5-6,8,12-13H,4,7,9-11H2,1-3H3,(H,23,26)(H2,22,24,25);1H. The molecule has 1 aromatic heterocycles. The Hall–Kier alpha value is -1.94. The fraction of sp³-hybridized carbons (Fsp3) is 0.400. The molecule has 0 spiro atoms. The summed E-state index contributed by atoms with van der Waals surface area (Å²) >= 11 is 6.25. The van der Waals surface area contributed by atoms with Gasteiger partial charge in [0.15, 0.2) is 11.7 Å². The minimum atomic E-state index is -0.193. The highest BCUT2D eigenvalue weighted by Crippen LogP contribution is 2.22. The molecule has 9 heteroatoms. The minimum absolute atomic E-state index is 0. The molecule has 0 atom stereocenters. The molecule has 0 unspecified atom stereocenters. The average molecular weight is 535 g/mol. The third-order valence-electron chi connectivity index (χ3n) is 4.17. The van der Waals surface area contributed by atoms with Crippen LogP contribution in [0.25, 0.3) is 0 Å². The van der Waals surface area contributed by atoms with Crippen molar-refractivity contribution in [3.05, 3.63) is 52.4 Å². The van der Waals surface area contributed by atoms with Gasteiger partial charge in [0.25, 0.3) is 5.91 Å². The number of benzene rings is 1. The molecule has 1 amide bonds. The van der Waals surface area contributed by atoms with Crippen molar-refractivity contribution < 1.29 is 13.9 Å². The first kappa shape index (κ1) is 25.1. The molecule has 1 aromatic carbocycles. The molecule has 29 heavy (non-hydrogen) atoms. The Morgan fingerprint density at radius 3 is 2.52 bits per heavy atom. The zero-order valence-electron chi connectivity index (χ0n) is 16.9. The molecule has 1 heterocycles. The molecule has 2 aromatic rings. The fourth-order valence-corrected chi connectivity index (χ4v) is 2.84. The van der Waals surface area contributed by atoms with Gasteiger partial charge in [-0.1, -0.05) is 17.7 Å². The largest absolute Gasteiger partial charge is 0.497 e. The lowest BCUT2D eigenvalue weighted by molar-refractivity contribution is 0.0925. The number of carbonyl (C=O) groups excluding carboxylic acids is 1. The van der Waals surface area contributed by atoms with Crippen molar-refractivity contribution in [1.29, 1.82) is 0 Å². The van der Waals surface area contributed by atoms with Crippen molar-refractivity contribution in [3.63, 3.8) is 0 Å². The summed E-state index contributed by atoms with van der Waals surface area (Å²) < 4.78 is 10.3. The highest BCUT2D eigenvalue weighted by molar-refractivity contribution is 14.0. The van der Waals surface area contributed by atoms with E-state index in [9.17, 15) is 4.79 Å². The van der Waals surface area contributed by atoms with E-state index in [2.05, 4.69) is 20.9 Å². The lowest BCUT2D eigenvalue weighted by atomic mass is 10.1. The summed E-state index contributed by atoms with van der Waals surface area (Å²) in [5.74, 6) is 1.62. The zero-order chi connectivity index (χ0) is 20.4. The molecule has 0 aliphatic rings. The number of furan rings is 1. The van der Waals surface area contributed by atoms with Gasteiger partial charge in [0, 0.05) is 37.3 Å². The van der Waals surface area contributed by atoms with Gasteiger partial charge in [-0.2, -0.15) is 0 Å². The number of hydrogen-bond acceptors (Lipinski definition) is 4. The molecular formula is C20H28ClIN4O3. The van der Waals surface area contributed by atoms with Crippen molar-refractivity contribution in [2.75, 3.05) is 33.8 Å². The SMILES string of the molecule is CN=C(NCCCNC(=O)c1occc1C)NCCc1ccc(OC)cc1Cl.I. The van der Waals surface area contributed by atoms with E-state index in [1.165, 1.54) is 6.26 Å². The maximum atomic E-state index is 11.9. The number of nitrogens with zero attached hydrogens (tertiary/aromatic N) is 1. The number of aliphatic imine (C=N–C) groups is 1. The van der Waals surface area contributed by atoms with E-state index in [4.69, 9.17) is 20.8 Å². The molecular weight excluding hydrogens is 507 g/mol. The van der Waals surface area contributed by atoms with Crippen molar-refractivity contribution in [2.24, 2.45) is 4.99 Å². The first-order chi connectivity index (χ1) is 13.5. The molecule has 7 nitrogen and oxygen atoms in total. The molecule has 0 aliphatic carbocycles. The fourth-order valence-electron chi connectivity index (χ4n) is 2.58. The van der Waals surface area contributed by atoms with Crippen LogP contribution < -0.4 is 20.7 Å². The van der Waals surface area contributed by atoms with Crippen LogP contribution in [0.4, 0.5) is 0 Å². The summed E-state index contributed by atoms with van der Waals surface area (Å²) in [6.07, 6.45) is 3.04. The molecule has 0 radical (unpaired) electrons. The van der Waals surface area contributed by atoms with E-state index in [1.54, 1.807) is 20.2 Å². The summed E-state index contributed by atoms with van der Waals surface area (Å²) in [7, 11) is 3.34. The van der Waals surface area contributed by atoms with E-state index in [1.807, 2.05) is 25.1 Å². The molecule has 0 fully saturated rings. The second kappa shape index (κ2) is 13.3. The number of aryl methyl sites for hydroxylation is 1. The summed E-state index contributed by atoms with van der Waals surface area (Å²) in [5, 5.41) is 10.00. The van der Waals surface area contributed by atoms with Crippen molar-refractivity contribution in [2.45, 2.75) is 19.8 Å². The van der Waals surface area contributed by atoms with Gasteiger partial charge in [-0.25, -0.2) is 0 Å². The van der Waals surface area contributed by atoms with Crippen LogP contribution in [0.2, 0.25) is 5.02 Å². The smallest absolute Gasteiger partial charge is 0.287 e. The first-order valence-electron chi connectivity index (χ1n) is 9.14. The van der Waals surface area contributed by atoms with E-state index in [-0.39, 0.29) is 29.9 Å². The Balaban J connectivity index is 0.00000420. The van der Waals surface area contributed by atoms with Crippen molar-refractivity contribution in [1.82, 2.24) is 16.0 Å². The maximum absolute atomic E-state index is 11.9. The first-order valence-corrected chi connectivity index (χ1v) is 9.52. The van der Waals surface area contributed by atoms with Gasteiger partial charge in [0.05, 0.1) is 13.4 Å². The number of amides is 1. The quantitative estimate of drug-likeness (QED) is 0.199. The Labute approximate surface area is 193 Å². The number of hydrogen-bond donors (Lipinski definition) is 3. The van der Waals surface area contributed by atoms with Crippen LogP contribution in [-0.2, 0) is 6.42 Å². The van der Waals surface area contributed by atoms with Crippen LogP contribution in [0, 0.1) is 6.92 Å². The summed E-state index contributed by atoms with van der Waals surface area (Å²) in [6.45, 7) is 3.76. The summed E-state index contributed by atoms with van der Waals surface area (Å²) in [4.78, 5) is 16.1. The Morgan fingerprint density at radius 1 is 1.17 bits per heavy atom. The van der Waals surface area contributed by atoms with Crippen molar-refractivity contribution >= 4 is 47.4 Å². The van der Waals surface area contributed by atoms with Crippen LogP contribution >= 0.6 is 35.6 Å². The number of methoxy groups -OCH3 is 1. The molecule has 0 saturated carbocycles. The van der Waals surface area contributed by atoms with Gasteiger partial charge in [-0.05, 0) is 43.5 Å². The van der Waals surface area contributed by atoms with Crippen molar-refractivity contribution in [3.8, 4) is 5.75 Å². The number of nitrogens with one attached hydrogen (secondary N) is 3. The molecule has 160 valence electrons. The lowest BCUT2D eigenvalue weighted by Gasteiger charge is -2.13. The van der Waals surface area contributed by atoms with E-state index < -0.39 is 0 Å². The number of rotatable bonds is 9. The number of ether oxygens (including phenoxy) is 1. The molecule has 3 N–H and O–H groups in total. The van der Waals surface area contributed by atoms with Gasteiger partial charge in [-0.15, -0.1) is 24.0 Å². The van der Waals surface area contributed by atoms with Gasteiger partial charge in [0.2, 0.25) is 0 Å². The predicted molar refractivity (Wildman–Crippen MR) is 127 cm³/mol. The van der Waals surface area contributed by atoms with E-state index in [0.717, 1.165) is 29.7 Å². The number of carbonyl (C=O) groups is 1. The maximum Gasteiger partial charge on any atom is 0.287 e. The van der Waals surface area contributed by atoms with Crippen LogP contribution in [0.15, 0.2) is 39.9 Å². The van der Waals surface area contributed by atoms with Crippen LogP contribution in [0.5, 0.6) is 5.75 Å². The second-order valence-corrected chi connectivity index (χ2v) is 6.58. The van der Waals surface area contributed by atoms with E-state index in [0.29, 0.717) is 36.4 Å². The molecule has 2 rings (SSSR count). The molecule has 0 aliphatic heterocycles. The normalized spacial score (nSPS) is 10.8. The molecule has 0 saturated heterocycles. The molecule has 0 bridgehead atoms. The van der Waals surface area contributed by atoms with Gasteiger partial charge < -0.3 is 25.1 Å². The third kappa shape index (κ3) is 8.14. The predicted octanol–water partition coefficient (Wildman–Crippen LogP) is 3.40. The van der Waals surface area contributed by atoms with Gasteiger partial charge in [0.1, 0.15) is 5.75 Å². The highest BCUT2D eigenvalue weighted by atomic mass is 127. The van der Waals surface area contributed by atoms with Crippen LogP contribution in [0.1, 0.15) is 28.1 Å². The number of guanidine groups is 1. The number of halogens is 2. The lowest BCUT2D eigenvalue weighted by Crippen LogP contribution is -2.39. The highest BCUT2D eigenvalue weighted by Gasteiger charge is 2.11. The average Bonchev–Trinajstić information content (AvgIpc) is 3.13. The summed E-state index contributed by atoms with van der Waals surface area (Å²) in [5.41, 5.74) is 1.87. The topological polar surface area (TPSA) is 87.9 Å². The van der Waals surface area contributed by atoms with Gasteiger partial charge in [-0.3, -0.25) is 9.79 Å². The monoisotopic (exact) mass is 534 g/mol. The third-order valence-corrected chi connectivity index (χ3v) is 4.52.